The number of rotatable bonds is 10. The van der Waals surface area contributed by atoms with E-state index in [2.05, 4.69) is 63.8 Å². The van der Waals surface area contributed by atoms with Crippen molar-refractivity contribution in [3.63, 3.8) is 0 Å². The summed E-state index contributed by atoms with van der Waals surface area (Å²) in [6.45, 7) is 11.9. The quantitative estimate of drug-likeness (QED) is 0.131. The number of hydrogen-bond donors (Lipinski definition) is 3. The Bertz CT molecular complexity index is 1540. The Kier molecular flexibility index (Phi) is 9.80. The second-order valence-corrected chi connectivity index (χ2v) is 10.7. The normalized spacial score (nSPS) is 15.0. The van der Waals surface area contributed by atoms with E-state index in [4.69, 9.17) is 21.7 Å². The van der Waals surface area contributed by atoms with Crippen molar-refractivity contribution in [2.24, 2.45) is 5.10 Å². The standard InChI is InChI=1S/C32H37N5O4S/c1-7-40-31(39)29-21(5)34-32(42)35-30(29)26-10-8-9-11-27(26)41-18-28(38)36-33-17-24-16-20(4)37(22(24)6)25-14-12-23(13-15-25)19(2)3/h8-17,19,30H,7,18H2,1-6H3,(H,36,38)(H2,34,35,42)/t30-/m1/s1. The molecule has 2 aromatic carbocycles. The van der Waals surface area contributed by atoms with Gasteiger partial charge in [0.25, 0.3) is 5.91 Å². The molecule has 1 aliphatic heterocycles. The van der Waals surface area contributed by atoms with Crippen LogP contribution in [0.25, 0.3) is 5.69 Å². The van der Waals surface area contributed by atoms with E-state index < -0.39 is 17.9 Å². The summed E-state index contributed by atoms with van der Waals surface area (Å²) in [5, 5.41) is 10.6. The predicted molar refractivity (Wildman–Crippen MR) is 168 cm³/mol. The second kappa shape index (κ2) is 13.5. The van der Waals surface area contributed by atoms with Crippen LogP contribution in [0, 0.1) is 13.8 Å². The zero-order valence-electron chi connectivity index (χ0n) is 24.8. The number of para-hydroxylation sites is 1. The molecule has 10 heteroatoms. The monoisotopic (exact) mass is 587 g/mol. The molecule has 0 saturated heterocycles. The molecule has 2 heterocycles. The number of esters is 1. The van der Waals surface area contributed by atoms with Gasteiger partial charge < -0.3 is 24.7 Å². The fraction of sp³-hybridized carbons (Fsp3) is 0.312. The summed E-state index contributed by atoms with van der Waals surface area (Å²) in [4.78, 5) is 25.4. The Morgan fingerprint density at radius 1 is 1.12 bits per heavy atom. The molecule has 220 valence electrons. The Balaban J connectivity index is 1.43. The molecule has 3 N–H and O–H groups in total. The Labute approximate surface area is 252 Å². The number of carbonyl (C=O) groups is 2. The van der Waals surface area contributed by atoms with Gasteiger partial charge in [-0.25, -0.2) is 10.2 Å². The molecular formula is C32H37N5O4S. The average Bonchev–Trinajstić information content (AvgIpc) is 3.24. The zero-order valence-corrected chi connectivity index (χ0v) is 25.6. The van der Waals surface area contributed by atoms with Crippen LogP contribution in [0.15, 0.2) is 71.0 Å². The third-order valence-corrected chi connectivity index (χ3v) is 7.25. The van der Waals surface area contributed by atoms with Crippen molar-refractivity contribution in [3.05, 3.63) is 93.9 Å². The molecule has 1 aliphatic rings. The maximum Gasteiger partial charge on any atom is 0.338 e. The number of thiocarbonyl (C=S) groups is 1. The molecule has 1 amide bonds. The second-order valence-electron chi connectivity index (χ2n) is 10.3. The van der Waals surface area contributed by atoms with E-state index in [0.29, 0.717) is 33.6 Å². The first-order chi connectivity index (χ1) is 20.1. The minimum absolute atomic E-state index is 0.237. The Morgan fingerprint density at radius 2 is 1.83 bits per heavy atom. The highest BCUT2D eigenvalue weighted by Gasteiger charge is 2.32. The maximum atomic E-state index is 12.8. The van der Waals surface area contributed by atoms with Gasteiger partial charge in [-0.05, 0) is 75.7 Å². The fourth-order valence-electron chi connectivity index (χ4n) is 4.93. The van der Waals surface area contributed by atoms with E-state index in [1.807, 2.05) is 32.0 Å². The summed E-state index contributed by atoms with van der Waals surface area (Å²) in [5.74, 6) is 0.0132. The van der Waals surface area contributed by atoms with Gasteiger partial charge in [-0.1, -0.05) is 44.2 Å². The summed E-state index contributed by atoms with van der Waals surface area (Å²) in [6, 6.07) is 17.1. The van der Waals surface area contributed by atoms with Crippen LogP contribution in [0.4, 0.5) is 0 Å². The lowest BCUT2D eigenvalue weighted by molar-refractivity contribution is -0.139. The molecular weight excluding hydrogens is 550 g/mol. The molecule has 0 aliphatic carbocycles. The van der Waals surface area contributed by atoms with Gasteiger partial charge in [-0.2, -0.15) is 5.10 Å². The lowest BCUT2D eigenvalue weighted by Gasteiger charge is -2.30. The van der Waals surface area contributed by atoms with Crippen molar-refractivity contribution in [2.45, 2.75) is 53.5 Å². The van der Waals surface area contributed by atoms with E-state index in [1.54, 1.807) is 32.2 Å². The van der Waals surface area contributed by atoms with E-state index in [1.165, 1.54) is 5.56 Å². The van der Waals surface area contributed by atoms with Gasteiger partial charge in [0.1, 0.15) is 5.75 Å². The summed E-state index contributed by atoms with van der Waals surface area (Å²) in [7, 11) is 0. The molecule has 0 radical (unpaired) electrons. The van der Waals surface area contributed by atoms with Gasteiger partial charge >= 0.3 is 5.97 Å². The number of allylic oxidation sites excluding steroid dienone is 1. The Morgan fingerprint density at radius 3 is 2.52 bits per heavy atom. The minimum Gasteiger partial charge on any atom is -0.483 e. The van der Waals surface area contributed by atoms with E-state index >= 15 is 0 Å². The number of amides is 1. The number of nitrogens with one attached hydrogen (secondary N) is 3. The van der Waals surface area contributed by atoms with Gasteiger partial charge in [0.05, 0.1) is 24.4 Å². The molecule has 0 bridgehead atoms. The smallest absolute Gasteiger partial charge is 0.338 e. The average molecular weight is 588 g/mol. The first-order valence-corrected chi connectivity index (χ1v) is 14.3. The van der Waals surface area contributed by atoms with E-state index in [-0.39, 0.29) is 13.2 Å². The summed E-state index contributed by atoms with van der Waals surface area (Å²) < 4.78 is 13.3. The minimum atomic E-state index is -0.605. The largest absolute Gasteiger partial charge is 0.483 e. The van der Waals surface area contributed by atoms with Crippen LogP contribution in [0.1, 0.15) is 67.7 Å². The molecule has 42 heavy (non-hydrogen) atoms. The summed E-state index contributed by atoms with van der Waals surface area (Å²) in [6.07, 6.45) is 1.63. The van der Waals surface area contributed by atoms with Crippen LogP contribution in [0.3, 0.4) is 0 Å². The van der Waals surface area contributed by atoms with E-state index in [9.17, 15) is 9.59 Å². The molecule has 0 saturated carbocycles. The van der Waals surface area contributed by atoms with Crippen LogP contribution in [-0.2, 0) is 14.3 Å². The number of carbonyl (C=O) groups excluding carboxylic acids is 2. The Hall–Kier alpha value is -4.44. The maximum absolute atomic E-state index is 12.8. The SMILES string of the molecule is CCOC(=O)C1=C(C)NC(=S)N[C@@H]1c1ccccc1OCC(=O)NN=Cc1cc(C)n(-c2ccc(C(C)C)cc2)c1C. The predicted octanol–water partition coefficient (Wildman–Crippen LogP) is 5.10. The number of aromatic nitrogens is 1. The fourth-order valence-corrected chi connectivity index (χ4v) is 5.20. The molecule has 1 atom stereocenters. The van der Waals surface area contributed by atoms with Crippen molar-refractivity contribution < 1.29 is 19.1 Å². The topological polar surface area (TPSA) is 106 Å². The van der Waals surface area contributed by atoms with Gasteiger partial charge in [-0.3, -0.25) is 4.79 Å². The van der Waals surface area contributed by atoms with Crippen LogP contribution in [0.2, 0.25) is 0 Å². The van der Waals surface area contributed by atoms with Gasteiger partial charge in [0, 0.05) is 33.9 Å². The van der Waals surface area contributed by atoms with Crippen LogP contribution in [-0.4, -0.2) is 41.0 Å². The van der Waals surface area contributed by atoms with Crippen LogP contribution < -0.4 is 20.8 Å². The number of hydrogen-bond acceptors (Lipinski definition) is 6. The lowest BCUT2D eigenvalue weighted by atomic mass is 9.95. The van der Waals surface area contributed by atoms with Crippen molar-refractivity contribution in [3.8, 4) is 11.4 Å². The molecule has 0 unspecified atom stereocenters. The highest BCUT2D eigenvalue weighted by molar-refractivity contribution is 7.80. The highest BCUT2D eigenvalue weighted by atomic mass is 32.1. The zero-order chi connectivity index (χ0) is 30.4. The summed E-state index contributed by atoms with van der Waals surface area (Å²) in [5.41, 5.74) is 9.51. The van der Waals surface area contributed by atoms with Crippen molar-refractivity contribution >= 4 is 35.4 Å². The lowest BCUT2D eigenvalue weighted by Crippen LogP contribution is -2.45. The number of benzene rings is 2. The van der Waals surface area contributed by atoms with Crippen LogP contribution in [0.5, 0.6) is 5.75 Å². The number of hydrazone groups is 1. The molecule has 1 aromatic heterocycles. The van der Waals surface area contributed by atoms with Crippen molar-refractivity contribution in [1.82, 2.24) is 20.6 Å². The van der Waals surface area contributed by atoms with Gasteiger partial charge in [0.2, 0.25) is 0 Å². The molecule has 3 aromatic rings. The molecule has 0 spiro atoms. The summed E-state index contributed by atoms with van der Waals surface area (Å²) >= 11 is 5.33. The molecule has 9 nitrogen and oxygen atoms in total. The number of nitrogens with zero attached hydrogens (tertiary/aromatic N) is 2. The highest BCUT2D eigenvalue weighted by Crippen LogP contribution is 2.33. The first kappa shape index (κ1) is 30.5. The van der Waals surface area contributed by atoms with Gasteiger partial charge in [-0.15, -0.1) is 0 Å². The molecule has 0 fully saturated rings. The third-order valence-electron chi connectivity index (χ3n) is 7.03. The number of aryl methyl sites for hydroxylation is 1. The van der Waals surface area contributed by atoms with Crippen molar-refractivity contribution in [1.29, 1.82) is 0 Å². The molecule has 4 rings (SSSR count). The van der Waals surface area contributed by atoms with Crippen molar-refractivity contribution in [2.75, 3.05) is 13.2 Å². The van der Waals surface area contributed by atoms with Gasteiger partial charge in [0.15, 0.2) is 11.7 Å². The first-order valence-electron chi connectivity index (χ1n) is 13.9. The van der Waals surface area contributed by atoms with E-state index in [0.717, 1.165) is 22.6 Å². The number of ether oxygens (including phenoxy) is 2. The van der Waals surface area contributed by atoms with Crippen LogP contribution >= 0.6 is 12.2 Å². The third kappa shape index (κ3) is 6.88.